The van der Waals surface area contributed by atoms with E-state index in [1.54, 1.807) is 24.3 Å². The van der Waals surface area contributed by atoms with Gasteiger partial charge in [0.25, 0.3) is 10.1 Å². The molecule has 0 saturated carbocycles. The molecule has 0 radical (unpaired) electrons. The number of rotatable bonds is 5. The summed E-state index contributed by atoms with van der Waals surface area (Å²) in [5.74, 6) is 0. The number of benzene rings is 1. The minimum Gasteiger partial charge on any atom is -0.394 e. The van der Waals surface area contributed by atoms with Crippen LogP contribution in [-0.2, 0) is 19.0 Å². The number of hydrogen-bond acceptors (Lipinski definition) is 5. The Morgan fingerprint density at radius 3 is 2.63 bits per heavy atom. The second kappa shape index (κ2) is 5.83. The van der Waals surface area contributed by atoms with E-state index in [0.717, 1.165) is 5.56 Å². The molecule has 1 aliphatic heterocycles. The van der Waals surface area contributed by atoms with Crippen molar-refractivity contribution in [2.24, 2.45) is 0 Å². The van der Waals surface area contributed by atoms with Crippen LogP contribution >= 0.6 is 0 Å². The summed E-state index contributed by atoms with van der Waals surface area (Å²) < 4.78 is 34.4. The van der Waals surface area contributed by atoms with E-state index in [2.05, 4.69) is 0 Å². The summed E-state index contributed by atoms with van der Waals surface area (Å²) in [5.41, 5.74) is 0.958. The van der Waals surface area contributed by atoms with Gasteiger partial charge in [0.2, 0.25) is 0 Å². The molecule has 1 heterocycles. The monoisotopic (exact) mass is 284 g/mol. The Balaban J connectivity index is 2.15. The van der Waals surface area contributed by atoms with Crippen molar-refractivity contribution in [2.45, 2.75) is 24.0 Å². The Hall–Kier alpha value is -1.21. The molecule has 0 saturated heterocycles. The number of ether oxygens (including phenoxy) is 1. The maximum Gasteiger partial charge on any atom is 0.297 e. The minimum atomic E-state index is -3.90. The van der Waals surface area contributed by atoms with Crippen molar-refractivity contribution in [1.29, 1.82) is 0 Å². The van der Waals surface area contributed by atoms with Crippen molar-refractivity contribution in [3.8, 4) is 0 Å². The van der Waals surface area contributed by atoms with Gasteiger partial charge in [-0.15, -0.1) is 0 Å². The summed E-state index contributed by atoms with van der Waals surface area (Å²) in [7, 11) is -3.90. The van der Waals surface area contributed by atoms with Crippen LogP contribution in [0.5, 0.6) is 0 Å². The molecule has 1 N–H and O–H groups in total. The second-order valence-electron chi connectivity index (χ2n) is 4.31. The molecule has 2 atom stereocenters. The number of aryl methyl sites for hydroxylation is 1. The standard InChI is InChI=1S/C13H16O5S/c1-10-4-6-11(7-5-10)19(15,16)18-13(9-14)12-3-2-8-17-12/h2-7,12-14H,8-9H2,1H3/t12-,13+/m0/s1. The zero-order valence-corrected chi connectivity index (χ0v) is 11.3. The third kappa shape index (κ3) is 3.42. The van der Waals surface area contributed by atoms with Gasteiger partial charge in [-0.25, -0.2) is 0 Å². The minimum absolute atomic E-state index is 0.0681. The third-order valence-electron chi connectivity index (χ3n) is 2.82. The predicted molar refractivity (Wildman–Crippen MR) is 69.2 cm³/mol. The molecule has 0 fully saturated rings. The predicted octanol–water partition coefficient (Wildman–Crippen LogP) is 1.02. The van der Waals surface area contributed by atoms with Crippen LogP contribution in [-0.4, -0.2) is 38.9 Å². The molecule has 0 aromatic heterocycles. The lowest BCUT2D eigenvalue weighted by Gasteiger charge is -2.20. The van der Waals surface area contributed by atoms with Gasteiger partial charge in [0.1, 0.15) is 12.2 Å². The van der Waals surface area contributed by atoms with E-state index < -0.39 is 28.9 Å². The molecule has 1 aliphatic rings. The summed E-state index contributed by atoms with van der Waals surface area (Å²) in [6, 6.07) is 6.33. The van der Waals surface area contributed by atoms with Crippen molar-refractivity contribution in [2.75, 3.05) is 13.2 Å². The Labute approximate surface area is 112 Å². The molecule has 1 aromatic rings. The topological polar surface area (TPSA) is 72.8 Å². The summed E-state index contributed by atoms with van der Waals surface area (Å²) in [6.45, 7) is 1.83. The van der Waals surface area contributed by atoms with Crippen LogP contribution in [0.3, 0.4) is 0 Å². The summed E-state index contributed by atoms with van der Waals surface area (Å²) in [4.78, 5) is 0.0681. The van der Waals surface area contributed by atoms with E-state index in [0.29, 0.717) is 6.61 Å². The smallest absolute Gasteiger partial charge is 0.297 e. The van der Waals surface area contributed by atoms with E-state index in [4.69, 9.17) is 8.92 Å². The highest BCUT2D eigenvalue weighted by Crippen LogP contribution is 2.19. The van der Waals surface area contributed by atoms with Crippen molar-refractivity contribution in [1.82, 2.24) is 0 Å². The Kier molecular flexibility index (Phi) is 4.36. The van der Waals surface area contributed by atoms with Crippen molar-refractivity contribution < 1.29 is 22.4 Å². The fourth-order valence-electron chi connectivity index (χ4n) is 1.76. The molecule has 2 rings (SSSR count). The first-order valence-corrected chi connectivity index (χ1v) is 7.33. The molecular weight excluding hydrogens is 268 g/mol. The Morgan fingerprint density at radius 2 is 2.11 bits per heavy atom. The van der Waals surface area contributed by atoms with Crippen molar-refractivity contribution in [3.63, 3.8) is 0 Å². The number of hydrogen-bond donors (Lipinski definition) is 1. The van der Waals surface area contributed by atoms with E-state index in [9.17, 15) is 13.5 Å². The first-order valence-electron chi connectivity index (χ1n) is 5.92. The summed E-state index contributed by atoms with van der Waals surface area (Å²) in [6.07, 6.45) is 1.98. The van der Waals surface area contributed by atoms with Gasteiger partial charge in [0.15, 0.2) is 0 Å². The molecule has 0 spiro atoms. The molecule has 5 nitrogen and oxygen atoms in total. The van der Waals surface area contributed by atoms with Crippen LogP contribution in [0.1, 0.15) is 5.56 Å². The van der Waals surface area contributed by atoms with Gasteiger partial charge in [-0.05, 0) is 19.1 Å². The summed E-state index contributed by atoms with van der Waals surface area (Å²) in [5, 5.41) is 9.24. The first kappa shape index (κ1) is 14.2. The van der Waals surface area contributed by atoms with Gasteiger partial charge in [-0.1, -0.05) is 29.8 Å². The zero-order chi connectivity index (χ0) is 13.9. The maximum absolute atomic E-state index is 12.1. The third-order valence-corrected chi connectivity index (χ3v) is 4.17. The average molecular weight is 284 g/mol. The van der Waals surface area contributed by atoms with Crippen molar-refractivity contribution in [3.05, 3.63) is 42.0 Å². The van der Waals surface area contributed by atoms with Gasteiger partial charge >= 0.3 is 0 Å². The van der Waals surface area contributed by atoms with Crippen LogP contribution in [0, 0.1) is 6.92 Å². The molecule has 19 heavy (non-hydrogen) atoms. The second-order valence-corrected chi connectivity index (χ2v) is 5.88. The fourth-order valence-corrected chi connectivity index (χ4v) is 2.83. The maximum atomic E-state index is 12.1. The zero-order valence-electron chi connectivity index (χ0n) is 10.5. The molecule has 104 valence electrons. The number of aliphatic hydroxyl groups excluding tert-OH is 1. The van der Waals surface area contributed by atoms with Gasteiger partial charge in [0.05, 0.1) is 18.1 Å². The molecular formula is C13H16O5S. The van der Waals surface area contributed by atoms with E-state index in [1.165, 1.54) is 12.1 Å². The van der Waals surface area contributed by atoms with E-state index >= 15 is 0 Å². The lowest BCUT2D eigenvalue weighted by Crippen LogP contribution is -2.33. The highest BCUT2D eigenvalue weighted by Gasteiger charge is 2.28. The highest BCUT2D eigenvalue weighted by molar-refractivity contribution is 7.86. The van der Waals surface area contributed by atoms with Crippen molar-refractivity contribution >= 4 is 10.1 Å². The lowest BCUT2D eigenvalue weighted by atomic mass is 10.2. The van der Waals surface area contributed by atoms with E-state index in [1.807, 2.05) is 6.92 Å². The quantitative estimate of drug-likeness (QED) is 0.645. The fraction of sp³-hybridized carbons (Fsp3) is 0.385. The first-order chi connectivity index (χ1) is 9.03. The largest absolute Gasteiger partial charge is 0.394 e. The normalized spacial score (nSPS) is 20.6. The van der Waals surface area contributed by atoms with Crippen LogP contribution in [0.4, 0.5) is 0 Å². The molecule has 0 unspecified atom stereocenters. The van der Waals surface area contributed by atoms with Gasteiger partial charge < -0.3 is 9.84 Å². The molecule has 0 bridgehead atoms. The van der Waals surface area contributed by atoms with Crippen LogP contribution < -0.4 is 0 Å². The van der Waals surface area contributed by atoms with E-state index in [-0.39, 0.29) is 4.90 Å². The Bertz CT molecular complexity index is 547. The lowest BCUT2D eigenvalue weighted by molar-refractivity contribution is 0.00185. The SMILES string of the molecule is Cc1ccc(S(=O)(=O)O[C@H](CO)[C@@H]2C=CCO2)cc1. The average Bonchev–Trinajstić information content (AvgIpc) is 2.90. The van der Waals surface area contributed by atoms with Gasteiger partial charge in [-0.2, -0.15) is 8.42 Å². The molecule has 1 aromatic carbocycles. The van der Waals surface area contributed by atoms with Crippen LogP contribution in [0.15, 0.2) is 41.3 Å². The van der Waals surface area contributed by atoms with Gasteiger partial charge in [0, 0.05) is 0 Å². The summed E-state index contributed by atoms with van der Waals surface area (Å²) >= 11 is 0. The van der Waals surface area contributed by atoms with Gasteiger partial charge in [-0.3, -0.25) is 4.18 Å². The highest BCUT2D eigenvalue weighted by atomic mass is 32.2. The molecule has 0 amide bonds. The molecule has 6 heteroatoms. The molecule has 0 aliphatic carbocycles. The Morgan fingerprint density at radius 1 is 1.42 bits per heavy atom. The van der Waals surface area contributed by atoms with Crippen LogP contribution in [0.2, 0.25) is 0 Å². The van der Waals surface area contributed by atoms with Crippen LogP contribution in [0.25, 0.3) is 0 Å². The number of aliphatic hydroxyl groups is 1.